The monoisotopic (exact) mass is 189 g/mol. The summed E-state index contributed by atoms with van der Waals surface area (Å²) in [6.45, 7) is 3.12. The molecule has 0 aliphatic rings. The number of nitrogens with zero attached hydrogens (tertiary/aromatic N) is 3. The highest BCUT2D eigenvalue weighted by molar-refractivity contribution is 4.94. The van der Waals surface area contributed by atoms with E-state index in [-0.39, 0.29) is 0 Å². The Morgan fingerprint density at radius 3 is 3.00 bits per heavy atom. The van der Waals surface area contributed by atoms with E-state index in [4.69, 9.17) is 5.26 Å². The van der Waals surface area contributed by atoms with Crippen LogP contribution in [-0.4, -0.2) is 4.57 Å². The molecule has 0 fully saturated rings. The molecule has 1 aromatic rings. The van der Waals surface area contributed by atoms with E-state index in [2.05, 4.69) is 11.9 Å². The fourth-order valence-corrected chi connectivity index (χ4v) is 1.34. The molecule has 0 saturated carbocycles. The molecule has 0 amide bonds. The van der Waals surface area contributed by atoms with Gasteiger partial charge in [-0.1, -0.05) is 25.8 Å². The quantitative estimate of drug-likeness (QED) is 0.528. The molecule has 3 nitrogen and oxygen atoms in total. The summed E-state index contributed by atoms with van der Waals surface area (Å²) >= 11 is 0. The van der Waals surface area contributed by atoms with Gasteiger partial charge < -0.3 is 4.57 Å². The molecule has 0 aliphatic heterocycles. The summed E-state index contributed by atoms with van der Waals surface area (Å²) in [7, 11) is 0. The Hall–Kier alpha value is -1.56. The van der Waals surface area contributed by atoms with Crippen molar-refractivity contribution < 1.29 is 0 Å². The zero-order valence-electron chi connectivity index (χ0n) is 8.48. The SMILES string of the molecule is CCCCCn1cccc/c1=N\C#N. The minimum atomic E-state index is 0.742. The van der Waals surface area contributed by atoms with Crippen LogP contribution in [0.15, 0.2) is 29.4 Å². The molecule has 1 rings (SSSR count). The summed E-state index contributed by atoms with van der Waals surface area (Å²) < 4.78 is 2.01. The van der Waals surface area contributed by atoms with Crippen molar-refractivity contribution in [3.63, 3.8) is 0 Å². The Balaban J connectivity index is 2.76. The van der Waals surface area contributed by atoms with Gasteiger partial charge in [-0.05, 0) is 18.6 Å². The summed E-state index contributed by atoms with van der Waals surface area (Å²) in [5, 5.41) is 8.49. The Bertz CT molecular complexity index is 371. The van der Waals surface area contributed by atoms with Gasteiger partial charge in [-0.15, -0.1) is 0 Å². The van der Waals surface area contributed by atoms with Crippen molar-refractivity contribution in [2.45, 2.75) is 32.7 Å². The molecular formula is C11H15N3. The zero-order valence-corrected chi connectivity index (χ0v) is 8.48. The van der Waals surface area contributed by atoms with Crippen molar-refractivity contribution in [1.29, 1.82) is 5.26 Å². The summed E-state index contributed by atoms with van der Waals surface area (Å²) in [4.78, 5) is 3.75. The van der Waals surface area contributed by atoms with Crippen molar-refractivity contribution in [3.05, 3.63) is 29.9 Å². The van der Waals surface area contributed by atoms with E-state index >= 15 is 0 Å². The Labute approximate surface area is 84.3 Å². The van der Waals surface area contributed by atoms with E-state index in [0.29, 0.717) is 0 Å². The molecule has 0 N–H and O–H groups in total. The molecule has 0 aromatic carbocycles. The van der Waals surface area contributed by atoms with Gasteiger partial charge in [0.05, 0.1) is 0 Å². The maximum absolute atomic E-state index is 8.49. The number of pyridine rings is 1. The van der Waals surface area contributed by atoms with Crippen LogP contribution in [0.25, 0.3) is 0 Å². The second-order valence-corrected chi connectivity index (χ2v) is 3.17. The van der Waals surface area contributed by atoms with Crippen LogP contribution in [0.5, 0.6) is 0 Å². The molecule has 1 aromatic heterocycles. The van der Waals surface area contributed by atoms with Crippen LogP contribution in [0.3, 0.4) is 0 Å². The van der Waals surface area contributed by atoms with E-state index in [9.17, 15) is 0 Å². The van der Waals surface area contributed by atoms with Crippen LogP contribution in [0.2, 0.25) is 0 Å². The number of hydrogen-bond donors (Lipinski definition) is 0. The van der Waals surface area contributed by atoms with Gasteiger partial charge in [-0.25, -0.2) is 0 Å². The molecule has 0 bridgehead atoms. The number of rotatable bonds is 4. The van der Waals surface area contributed by atoms with Crippen LogP contribution in [-0.2, 0) is 6.54 Å². The van der Waals surface area contributed by atoms with E-state index in [1.807, 2.05) is 35.2 Å². The van der Waals surface area contributed by atoms with Gasteiger partial charge >= 0.3 is 0 Å². The lowest BCUT2D eigenvalue weighted by molar-refractivity contribution is 0.582. The van der Waals surface area contributed by atoms with E-state index in [0.717, 1.165) is 18.5 Å². The minimum absolute atomic E-state index is 0.742. The van der Waals surface area contributed by atoms with Gasteiger partial charge in [0.1, 0.15) is 5.49 Å². The maximum atomic E-state index is 8.49. The van der Waals surface area contributed by atoms with Gasteiger partial charge in [0, 0.05) is 12.7 Å². The first-order valence-corrected chi connectivity index (χ1v) is 4.96. The summed E-state index contributed by atoms with van der Waals surface area (Å²) in [5.74, 6) is 0. The average Bonchev–Trinajstić information content (AvgIpc) is 2.21. The highest BCUT2D eigenvalue weighted by atomic mass is 15.0. The number of nitriles is 1. The number of aromatic nitrogens is 1. The van der Waals surface area contributed by atoms with Crippen molar-refractivity contribution >= 4 is 0 Å². The highest BCUT2D eigenvalue weighted by Crippen LogP contribution is 1.96. The van der Waals surface area contributed by atoms with Gasteiger partial charge in [0.2, 0.25) is 6.19 Å². The summed E-state index contributed by atoms with van der Waals surface area (Å²) in [6, 6.07) is 5.71. The molecule has 0 saturated heterocycles. The van der Waals surface area contributed by atoms with Crippen LogP contribution >= 0.6 is 0 Å². The van der Waals surface area contributed by atoms with Crippen LogP contribution < -0.4 is 5.49 Å². The second kappa shape index (κ2) is 5.98. The van der Waals surface area contributed by atoms with Crippen LogP contribution in [0.4, 0.5) is 0 Å². The van der Waals surface area contributed by atoms with Gasteiger partial charge in [-0.3, -0.25) is 0 Å². The Morgan fingerprint density at radius 2 is 2.29 bits per heavy atom. The molecule has 0 radical (unpaired) electrons. The van der Waals surface area contributed by atoms with Crippen LogP contribution in [0.1, 0.15) is 26.2 Å². The maximum Gasteiger partial charge on any atom is 0.207 e. The molecular weight excluding hydrogens is 174 g/mol. The second-order valence-electron chi connectivity index (χ2n) is 3.17. The third-order valence-corrected chi connectivity index (χ3v) is 2.08. The molecule has 0 aliphatic carbocycles. The summed E-state index contributed by atoms with van der Waals surface area (Å²) in [5.41, 5.74) is 0.742. The molecule has 0 unspecified atom stereocenters. The molecule has 0 atom stereocenters. The first-order chi connectivity index (χ1) is 6.88. The molecule has 1 heterocycles. The standard InChI is InChI=1S/C11H15N3/c1-2-3-5-8-14-9-6-4-7-11(14)13-10-12/h4,6-7,9H,2-3,5,8H2,1H3/b13-11+. The largest absolute Gasteiger partial charge is 0.332 e. The van der Waals surface area contributed by atoms with Gasteiger partial charge in [-0.2, -0.15) is 10.3 Å². The fraction of sp³-hybridized carbons (Fsp3) is 0.455. The van der Waals surface area contributed by atoms with E-state index in [1.54, 1.807) is 0 Å². The van der Waals surface area contributed by atoms with E-state index < -0.39 is 0 Å². The molecule has 74 valence electrons. The topological polar surface area (TPSA) is 41.1 Å². The number of unbranched alkanes of at least 4 members (excludes halogenated alkanes) is 2. The summed E-state index contributed by atoms with van der Waals surface area (Å²) in [6.07, 6.45) is 7.34. The lowest BCUT2D eigenvalue weighted by Gasteiger charge is -2.04. The molecule has 0 spiro atoms. The number of hydrogen-bond acceptors (Lipinski definition) is 2. The van der Waals surface area contributed by atoms with Gasteiger partial charge in [0.15, 0.2) is 0 Å². The fourth-order valence-electron chi connectivity index (χ4n) is 1.34. The predicted octanol–water partition coefficient (Wildman–Crippen LogP) is 2.06. The number of aryl methyl sites for hydroxylation is 1. The van der Waals surface area contributed by atoms with Crippen molar-refractivity contribution in [2.75, 3.05) is 0 Å². The molecule has 3 heteroatoms. The first-order valence-electron chi connectivity index (χ1n) is 4.96. The zero-order chi connectivity index (χ0) is 10.2. The van der Waals surface area contributed by atoms with Crippen molar-refractivity contribution in [2.24, 2.45) is 4.99 Å². The Morgan fingerprint density at radius 1 is 1.43 bits per heavy atom. The third-order valence-electron chi connectivity index (χ3n) is 2.08. The predicted molar refractivity (Wildman–Crippen MR) is 55.1 cm³/mol. The van der Waals surface area contributed by atoms with E-state index in [1.165, 1.54) is 12.8 Å². The van der Waals surface area contributed by atoms with Gasteiger partial charge in [0.25, 0.3) is 0 Å². The molecule has 14 heavy (non-hydrogen) atoms. The normalized spacial score (nSPS) is 11.3. The lowest BCUT2D eigenvalue weighted by Crippen LogP contribution is -2.19. The minimum Gasteiger partial charge on any atom is -0.332 e. The first kappa shape index (κ1) is 10.5. The highest BCUT2D eigenvalue weighted by Gasteiger charge is 1.91. The van der Waals surface area contributed by atoms with Crippen LogP contribution in [0, 0.1) is 11.5 Å². The van der Waals surface area contributed by atoms with Crippen molar-refractivity contribution in [3.8, 4) is 6.19 Å². The average molecular weight is 189 g/mol. The van der Waals surface area contributed by atoms with Crippen molar-refractivity contribution in [1.82, 2.24) is 4.57 Å². The third kappa shape index (κ3) is 3.06. The Kier molecular flexibility index (Phi) is 4.49. The lowest BCUT2D eigenvalue weighted by atomic mass is 10.2. The smallest absolute Gasteiger partial charge is 0.207 e.